The number of hydrogen-bond acceptors (Lipinski definition) is 5. The molecule has 1 saturated carbocycles. The monoisotopic (exact) mass is 370 g/mol. The molecule has 1 aliphatic carbocycles. The maximum Gasteiger partial charge on any atom is 0.334 e. The summed E-state index contributed by atoms with van der Waals surface area (Å²) < 4.78 is 0. The zero-order valence-electron chi connectivity index (χ0n) is 14.5. The average molecular weight is 370 g/mol. The van der Waals surface area contributed by atoms with Crippen molar-refractivity contribution >= 4 is 41.0 Å². The fraction of sp³-hybridized carbons (Fsp3) is 0.389. The third-order valence-corrected chi connectivity index (χ3v) is 5.14. The van der Waals surface area contributed by atoms with Gasteiger partial charge in [0.05, 0.1) is 11.4 Å². The Balaban J connectivity index is 1.54. The van der Waals surface area contributed by atoms with E-state index in [0.717, 1.165) is 17.7 Å². The van der Waals surface area contributed by atoms with E-state index in [-0.39, 0.29) is 18.5 Å². The molecular weight excluding hydrogens is 352 g/mol. The van der Waals surface area contributed by atoms with Crippen molar-refractivity contribution in [1.29, 1.82) is 0 Å². The first-order chi connectivity index (χ1) is 13.0. The quantitative estimate of drug-likeness (QED) is 0.623. The van der Waals surface area contributed by atoms with Gasteiger partial charge in [-0.3, -0.25) is 29.0 Å². The van der Waals surface area contributed by atoms with E-state index < -0.39 is 30.3 Å². The van der Waals surface area contributed by atoms with Gasteiger partial charge < -0.3 is 5.32 Å². The first kappa shape index (κ1) is 17.2. The van der Waals surface area contributed by atoms with Gasteiger partial charge in [0.25, 0.3) is 0 Å². The first-order valence-electron chi connectivity index (χ1n) is 8.85. The Morgan fingerprint density at radius 3 is 2.48 bits per heavy atom. The number of urea groups is 1. The smallest absolute Gasteiger partial charge is 0.323 e. The second-order valence-corrected chi connectivity index (χ2v) is 6.83. The Morgan fingerprint density at radius 1 is 1.04 bits per heavy atom. The molecular formula is C18H18N4O5. The van der Waals surface area contributed by atoms with Gasteiger partial charge in [-0.05, 0) is 25.0 Å². The maximum atomic E-state index is 12.8. The third-order valence-electron chi connectivity index (χ3n) is 5.14. The zero-order chi connectivity index (χ0) is 19.1. The van der Waals surface area contributed by atoms with E-state index in [0.29, 0.717) is 29.1 Å². The maximum absolute atomic E-state index is 12.8. The summed E-state index contributed by atoms with van der Waals surface area (Å²) in [6, 6.07) is 5.73. The summed E-state index contributed by atoms with van der Waals surface area (Å²) in [4.78, 5) is 64.6. The molecule has 9 nitrogen and oxygen atoms in total. The van der Waals surface area contributed by atoms with Crippen LogP contribution in [0.25, 0.3) is 0 Å². The fourth-order valence-electron chi connectivity index (χ4n) is 3.82. The second kappa shape index (κ2) is 6.49. The fourth-order valence-corrected chi connectivity index (χ4v) is 3.82. The standard InChI is InChI=1S/C18H18N4O5/c23-14-9-20(13-8-4-3-7-12(13)19-14)15(24)10-21-16(25)17(26)22(18(21)27)11-5-1-2-6-11/h3-4,7-8,11H,1-2,5-6,9-10H2,(H,19,23). The highest BCUT2D eigenvalue weighted by molar-refractivity contribution is 6.45. The van der Waals surface area contributed by atoms with Gasteiger partial charge >= 0.3 is 17.8 Å². The number of nitrogens with zero attached hydrogens (tertiary/aromatic N) is 3. The number of hydrogen-bond donors (Lipinski definition) is 1. The first-order valence-corrected chi connectivity index (χ1v) is 8.85. The van der Waals surface area contributed by atoms with Gasteiger partial charge in [0.2, 0.25) is 11.8 Å². The molecule has 2 fully saturated rings. The van der Waals surface area contributed by atoms with Gasteiger partial charge in [0.15, 0.2) is 0 Å². The molecule has 0 unspecified atom stereocenters. The lowest BCUT2D eigenvalue weighted by Crippen LogP contribution is -2.48. The average Bonchev–Trinajstić information content (AvgIpc) is 3.24. The Morgan fingerprint density at radius 2 is 1.74 bits per heavy atom. The summed E-state index contributed by atoms with van der Waals surface area (Å²) in [5.41, 5.74) is 0.963. The topological polar surface area (TPSA) is 107 Å². The van der Waals surface area contributed by atoms with Crippen molar-refractivity contribution in [1.82, 2.24) is 9.80 Å². The van der Waals surface area contributed by atoms with Gasteiger partial charge in [-0.2, -0.15) is 0 Å². The van der Waals surface area contributed by atoms with Crippen LogP contribution < -0.4 is 10.2 Å². The van der Waals surface area contributed by atoms with E-state index in [1.165, 1.54) is 4.90 Å². The number of carbonyl (C=O) groups is 5. The Hall–Kier alpha value is -3.23. The summed E-state index contributed by atoms with van der Waals surface area (Å²) in [6.07, 6.45) is 3.14. The summed E-state index contributed by atoms with van der Waals surface area (Å²) in [5, 5.41) is 2.66. The molecule has 140 valence electrons. The molecule has 4 rings (SSSR count). The van der Waals surface area contributed by atoms with Crippen molar-refractivity contribution in [2.45, 2.75) is 31.7 Å². The lowest BCUT2D eigenvalue weighted by atomic mass is 10.2. The van der Waals surface area contributed by atoms with E-state index in [1.807, 2.05) is 0 Å². The van der Waals surface area contributed by atoms with E-state index >= 15 is 0 Å². The number of benzene rings is 1. The Bertz CT molecular complexity index is 861. The van der Waals surface area contributed by atoms with Crippen LogP contribution in [0.2, 0.25) is 0 Å². The van der Waals surface area contributed by atoms with Crippen LogP contribution in [-0.2, 0) is 19.2 Å². The van der Waals surface area contributed by atoms with Gasteiger partial charge in [0.1, 0.15) is 13.1 Å². The van der Waals surface area contributed by atoms with Crippen LogP contribution in [-0.4, -0.2) is 58.6 Å². The molecule has 1 aromatic rings. The molecule has 2 aliphatic heterocycles. The second-order valence-electron chi connectivity index (χ2n) is 6.83. The van der Waals surface area contributed by atoms with Crippen LogP contribution in [0.4, 0.5) is 16.2 Å². The number of imide groups is 2. The number of nitrogens with one attached hydrogen (secondary N) is 1. The minimum absolute atomic E-state index is 0.216. The molecule has 1 N–H and O–H groups in total. The largest absolute Gasteiger partial charge is 0.334 e. The molecule has 1 aromatic carbocycles. The highest BCUT2D eigenvalue weighted by Crippen LogP contribution is 2.30. The molecule has 0 bridgehead atoms. The molecule has 27 heavy (non-hydrogen) atoms. The molecule has 0 spiro atoms. The zero-order valence-corrected chi connectivity index (χ0v) is 14.5. The van der Waals surface area contributed by atoms with E-state index in [9.17, 15) is 24.0 Å². The summed E-state index contributed by atoms with van der Waals surface area (Å²) in [7, 11) is 0. The Kier molecular flexibility index (Phi) is 4.14. The Labute approximate surface area is 154 Å². The minimum atomic E-state index is -0.991. The number of fused-ring (bicyclic) bond motifs is 1. The van der Waals surface area contributed by atoms with Crippen LogP contribution in [0, 0.1) is 0 Å². The normalized spacial score (nSPS) is 20.4. The third kappa shape index (κ3) is 2.84. The summed E-state index contributed by atoms with van der Waals surface area (Å²) >= 11 is 0. The molecule has 0 radical (unpaired) electrons. The van der Waals surface area contributed by atoms with E-state index in [4.69, 9.17) is 0 Å². The van der Waals surface area contributed by atoms with Gasteiger partial charge in [-0.1, -0.05) is 25.0 Å². The highest BCUT2D eigenvalue weighted by atomic mass is 16.2. The van der Waals surface area contributed by atoms with Crippen molar-refractivity contribution in [2.24, 2.45) is 0 Å². The molecule has 1 saturated heterocycles. The molecule has 2 heterocycles. The number of amides is 6. The van der Waals surface area contributed by atoms with E-state index in [1.54, 1.807) is 24.3 Å². The molecule has 0 atom stereocenters. The molecule has 0 aromatic heterocycles. The van der Waals surface area contributed by atoms with Crippen LogP contribution in [0.15, 0.2) is 24.3 Å². The van der Waals surface area contributed by atoms with Gasteiger partial charge in [-0.25, -0.2) is 9.69 Å². The van der Waals surface area contributed by atoms with Crippen LogP contribution in [0.3, 0.4) is 0 Å². The SMILES string of the molecule is O=C1CN(C(=O)CN2C(=O)C(=O)N(C3CCCC3)C2=O)c2ccccc2N1. The van der Waals surface area contributed by atoms with Gasteiger partial charge in [-0.15, -0.1) is 0 Å². The molecule has 3 aliphatic rings. The van der Waals surface area contributed by atoms with Crippen LogP contribution in [0.5, 0.6) is 0 Å². The molecule has 9 heteroatoms. The number of para-hydroxylation sites is 2. The summed E-state index contributed by atoms with van der Waals surface area (Å²) in [6.45, 7) is -0.791. The lowest BCUT2D eigenvalue weighted by Gasteiger charge is -2.30. The van der Waals surface area contributed by atoms with Gasteiger partial charge in [0, 0.05) is 6.04 Å². The molecule has 6 amide bonds. The highest BCUT2D eigenvalue weighted by Gasteiger charge is 2.49. The van der Waals surface area contributed by atoms with Crippen molar-refractivity contribution in [2.75, 3.05) is 23.3 Å². The number of carbonyl (C=O) groups excluding carboxylic acids is 5. The van der Waals surface area contributed by atoms with E-state index in [2.05, 4.69) is 5.32 Å². The number of rotatable bonds is 3. The minimum Gasteiger partial charge on any atom is -0.323 e. The summed E-state index contributed by atoms with van der Waals surface area (Å²) in [5.74, 6) is -2.84. The van der Waals surface area contributed by atoms with Crippen molar-refractivity contribution < 1.29 is 24.0 Å². The van der Waals surface area contributed by atoms with Crippen LogP contribution >= 0.6 is 0 Å². The predicted octanol–water partition coefficient (Wildman–Crippen LogP) is 0.705. The van der Waals surface area contributed by atoms with Crippen LogP contribution in [0.1, 0.15) is 25.7 Å². The van der Waals surface area contributed by atoms with Crippen molar-refractivity contribution in [3.05, 3.63) is 24.3 Å². The van der Waals surface area contributed by atoms with Crippen molar-refractivity contribution in [3.63, 3.8) is 0 Å². The van der Waals surface area contributed by atoms with Crippen molar-refractivity contribution in [3.8, 4) is 0 Å². The number of anilines is 2. The predicted molar refractivity (Wildman–Crippen MR) is 93.6 cm³/mol. The lowest BCUT2D eigenvalue weighted by molar-refractivity contribution is -0.144.